The SMILES string of the molecule is CNS(=O)(=O)c1ccc(CNC2CC2)cc1F. The highest BCUT2D eigenvalue weighted by molar-refractivity contribution is 7.89. The van der Waals surface area contributed by atoms with Gasteiger partial charge < -0.3 is 5.32 Å². The molecule has 6 heteroatoms. The Balaban J connectivity index is 2.15. The summed E-state index contributed by atoms with van der Waals surface area (Å²) in [6, 6.07) is 4.73. The van der Waals surface area contributed by atoms with Crippen molar-refractivity contribution in [2.45, 2.75) is 30.3 Å². The molecular weight excluding hydrogens is 243 g/mol. The first kappa shape index (κ1) is 12.5. The molecule has 1 fully saturated rings. The molecule has 0 saturated heterocycles. The lowest BCUT2D eigenvalue weighted by molar-refractivity contribution is 0.559. The summed E-state index contributed by atoms with van der Waals surface area (Å²) in [7, 11) is -2.45. The number of hydrogen-bond acceptors (Lipinski definition) is 3. The molecule has 4 nitrogen and oxygen atoms in total. The van der Waals surface area contributed by atoms with E-state index in [1.807, 2.05) is 0 Å². The fourth-order valence-electron chi connectivity index (χ4n) is 1.53. The minimum absolute atomic E-state index is 0.310. The molecule has 0 heterocycles. The molecular formula is C11H15FN2O2S. The molecule has 0 aliphatic heterocycles. The van der Waals surface area contributed by atoms with Crippen LogP contribution in [-0.2, 0) is 16.6 Å². The Labute approximate surface area is 100 Å². The van der Waals surface area contributed by atoms with Gasteiger partial charge in [-0.1, -0.05) is 6.07 Å². The molecule has 1 saturated carbocycles. The van der Waals surface area contributed by atoms with Crippen LogP contribution in [0.2, 0.25) is 0 Å². The molecule has 0 unspecified atom stereocenters. The first-order valence-electron chi connectivity index (χ1n) is 5.48. The van der Waals surface area contributed by atoms with Crippen molar-refractivity contribution < 1.29 is 12.8 Å². The van der Waals surface area contributed by atoms with Crippen molar-refractivity contribution in [2.24, 2.45) is 0 Å². The normalized spacial score (nSPS) is 16.1. The second-order valence-corrected chi connectivity index (χ2v) is 5.98. The minimum atomic E-state index is -3.71. The molecule has 1 aliphatic carbocycles. The molecule has 1 aromatic rings. The highest BCUT2D eigenvalue weighted by Gasteiger charge is 2.21. The van der Waals surface area contributed by atoms with E-state index in [-0.39, 0.29) is 4.90 Å². The third kappa shape index (κ3) is 3.02. The van der Waals surface area contributed by atoms with E-state index in [1.54, 1.807) is 6.07 Å². The number of benzene rings is 1. The zero-order valence-corrected chi connectivity index (χ0v) is 10.3. The standard InChI is InChI=1S/C11H15FN2O2S/c1-13-17(15,16)11-5-2-8(6-10(11)12)7-14-9-3-4-9/h2,5-6,9,13-14H,3-4,7H2,1H3. The van der Waals surface area contributed by atoms with Crippen LogP contribution in [0.15, 0.2) is 23.1 Å². The van der Waals surface area contributed by atoms with E-state index in [0.29, 0.717) is 12.6 Å². The fraction of sp³-hybridized carbons (Fsp3) is 0.455. The van der Waals surface area contributed by atoms with Crippen molar-refractivity contribution >= 4 is 10.0 Å². The average molecular weight is 258 g/mol. The summed E-state index contributed by atoms with van der Waals surface area (Å²) in [5.41, 5.74) is 0.754. The van der Waals surface area contributed by atoms with Gasteiger partial charge >= 0.3 is 0 Å². The van der Waals surface area contributed by atoms with Gasteiger partial charge in [0.25, 0.3) is 0 Å². The van der Waals surface area contributed by atoms with Crippen LogP contribution >= 0.6 is 0 Å². The van der Waals surface area contributed by atoms with Gasteiger partial charge in [0, 0.05) is 12.6 Å². The Kier molecular flexibility index (Phi) is 3.46. The molecule has 0 atom stereocenters. The maximum atomic E-state index is 13.6. The predicted octanol–water partition coefficient (Wildman–Crippen LogP) is 0.986. The van der Waals surface area contributed by atoms with Crippen LogP contribution in [0.3, 0.4) is 0 Å². The van der Waals surface area contributed by atoms with Gasteiger partial charge in [0.1, 0.15) is 10.7 Å². The molecule has 1 aliphatic rings. The van der Waals surface area contributed by atoms with Crippen LogP contribution in [0.1, 0.15) is 18.4 Å². The maximum absolute atomic E-state index is 13.6. The first-order chi connectivity index (χ1) is 8.03. The Morgan fingerprint density at radius 1 is 1.41 bits per heavy atom. The van der Waals surface area contributed by atoms with Crippen LogP contribution < -0.4 is 10.0 Å². The largest absolute Gasteiger partial charge is 0.310 e. The molecule has 0 aromatic heterocycles. The highest BCUT2D eigenvalue weighted by Crippen LogP contribution is 2.20. The lowest BCUT2D eigenvalue weighted by Crippen LogP contribution is -2.20. The summed E-state index contributed by atoms with van der Waals surface area (Å²) in [6.45, 7) is 0.571. The number of rotatable bonds is 5. The Morgan fingerprint density at radius 3 is 2.65 bits per heavy atom. The van der Waals surface area contributed by atoms with Crippen LogP contribution in [0.4, 0.5) is 4.39 Å². The number of nitrogens with one attached hydrogen (secondary N) is 2. The van der Waals surface area contributed by atoms with Crippen molar-refractivity contribution in [2.75, 3.05) is 7.05 Å². The molecule has 0 spiro atoms. The van der Waals surface area contributed by atoms with Gasteiger partial charge in [0.2, 0.25) is 10.0 Å². The van der Waals surface area contributed by atoms with Gasteiger partial charge in [0.15, 0.2) is 0 Å². The number of halogens is 1. The average Bonchev–Trinajstić information content (AvgIpc) is 3.10. The van der Waals surface area contributed by atoms with Gasteiger partial charge in [-0.05, 0) is 37.6 Å². The quantitative estimate of drug-likeness (QED) is 0.828. The van der Waals surface area contributed by atoms with Gasteiger partial charge in [-0.15, -0.1) is 0 Å². The monoisotopic (exact) mass is 258 g/mol. The Morgan fingerprint density at radius 2 is 2.12 bits per heavy atom. The molecule has 0 radical (unpaired) electrons. The summed E-state index contributed by atoms with van der Waals surface area (Å²) in [4.78, 5) is -0.310. The molecule has 94 valence electrons. The summed E-state index contributed by atoms with van der Waals surface area (Å²) in [5.74, 6) is -0.713. The Hall–Kier alpha value is -0.980. The van der Waals surface area contributed by atoms with E-state index in [4.69, 9.17) is 0 Å². The first-order valence-corrected chi connectivity index (χ1v) is 6.96. The van der Waals surface area contributed by atoms with Gasteiger partial charge in [-0.25, -0.2) is 17.5 Å². The maximum Gasteiger partial charge on any atom is 0.243 e. The predicted molar refractivity (Wildman–Crippen MR) is 62.5 cm³/mol. The molecule has 0 bridgehead atoms. The molecule has 17 heavy (non-hydrogen) atoms. The smallest absolute Gasteiger partial charge is 0.243 e. The fourth-order valence-corrected chi connectivity index (χ4v) is 2.31. The summed E-state index contributed by atoms with van der Waals surface area (Å²) in [5, 5.41) is 3.24. The molecule has 2 rings (SSSR count). The van der Waals surface area contributed by atoms with Crippen molar-refractivity contribution in [3.63, 3.8) is 0 Å². The second-order valence-electron chi connectivity index (χ2n) is 4.13. The summed E-state index contributed by atoms with van der Waals surface area (Å²) in [6.07, 6.45) is 2.32. The lowest BCUT2D eigenvalue weighted by atomic mass is 10.2. The van der Waals surface area contributed by atoms with Crippen LogP contribution in [0.25, 0.3) is 0 Å². The van der Waals surface area contributed by atoms with Crippen molar-refractivity contribution in [3.05, 3.63) is 29.6 Å². The number of sulfonamides is 1. The zero-order valence-electron chi connectivity index (χ0n) is 9.53. The highest BCUT2D eigenvalue weighted by atomic mass is 32.2. The van der Waals surface area contributed by atoms with Crippen LogP contribution in [-0.4, -0.2) is 21.5 Å². The van der Waals surface area contributed by atoms with Crippen molar-refractivity contribution in [3.8, 4) is 0 Å². The van der Waals surface area contributed by atoms with E-state index in [2.05, 4.69) is 10.0 Å². The minimum Gasteiger partial charge on any atom is -0.310 e. The third-order valence-electron chi connectivity index (χ3n) is 2.73. The van der Waals surface area contributed by atoms with Gasteiger partial charge in [-0.3, -0.25) is 0 Å². The van der Waals surface area contributed by atoms with Crippen LogP contribution in [0, 0.1) is 5.82 Å². The third-order valence-corrected chi connectivity index (χ3v) is 4.17. The van der Waals surface area contributed by atoms with E-state index in [1.165, 1.54) is 19.2 Å². The van der Waals surface area contributed by atoms with E-state index in [0.717, 1.165) is 18.4 Å². The molecule has 2 N–H and O–H groups in total. The van der Waals surface area contributed by atoms with Gasteiger partial charge in [-0.2, -0.15) is 0 Å². The number of hydrogen-bond donors (Lipinski definition) is 2. The molecule has 1 aromatic carbocycles. The van der Waals surface area contributed by atoms with Crippen molar-refractivity contribution in [1.82, 2.24) is 10.0 Å². The lowest BCUT2D eigenvalue weighted by Gasteiger charge is -2.07. The summed E-state index contributed by atoms with van der Waals surface area (Å²) >= 11 is 0. The van der Waals surface area contributed by atoms with Crippen molar-refractivity contribution in [1.29, 1.82) is 0 Å². The van der Waals surface area contributed by atoms with E-state index in [9.17, 15) is 12.8 Å². The second kappa shape index (κ2) is 4.72. The van der Waals surface area contributed by atoms with E-state index < -0.39 is 15.8 Å². The zero-order chi connectivity index (χ0) is 12.5. The van der Waals surface area contributed by atoms with Crippen LogP contribution in [0.5, 0.6) is 0 Å². The molecule has 0 amide bonds. The summed E-state index contributed by atoms with van der Waals surface area (Å²) < 4.78 is 38.6. The topological polar surface area (TPSA) is 58.2 Å². The van der Waals surface area contributed by atoms with Gasteiger partial charge in [0.05, 0.1) is 0 Å². The Bertz CT molecular complexity index is 512. The van der Waals surface area contributed by atoms with E-state index >= 15 is 0 Å².